The van der Waals surface area contributed by atoms with Crippen molar-refractivity contribution in [3.05, 3.63) is 49.8 Å². The molecule has 2 rings (SSSR count). The second kappa shape index (κ2) is 4.93. The molecule has 0 bridgehead atoms. The summed E-state index contributed by atoms with van der Waals surface area (Å²) >= 11 is 3.05. The number of nitro benzene ring substituents is 1. The number of thioether (sulfide) groups is 1. The van der Waals surface area contributed by atoms with Gasteiger partial charge < -0.3 is 0 Å². The fourth-order valence-electron chi connectivity index (χ4n) is 1.25. The van der Waals surface area contributed by atoms with E-state index in [2.05, 4.69) is 4.40 Å². The highest BCUT2D eigenvalue weighted by molar-refractivity contribution is 8.20. The summed E-state index contributed by atoms with van der Waals surface area (Å²) in [7, 11) is 0. The van der Waals surface area contributed by atoms with Crippen molar-refractivity contribution in [1.29, 1.82) is 0 Å². The average Bonchev–Trinajstić information content (AvgIpc) is 2.33. The Balaban J connectivity index is 2.22. The lowest BCUT2D eigenvalue weighted by Crippen LogP contribution is -1.99. The van der Waals surface area contributed by atoms with Crippen LogP contribution >= 0.6 is 23.7 Å². The van der Waals surface area contributed by atoms with E-state index in [1.54, 1.807) is 23.9 Å². The molecule has 0 N–H and O–H groups in total. The summed E-state index contributed by atoms with van der Waals surface area (Å²) in [4.78, 5) is 12.6. The third-order valence-electron chi connectivity index (χ3n) is 2.34. The van der Waals surface area contributed by atoms with Gasteiger partial charge >= 0.3 is 0 Å². The molecule has 17 heavy (non-hydrogen) atoms. The van der Waals surface area contributed by atoms with Crippen molar-refractivity contribution in [3.63, 3.8) is 0 Å². The summed E-state index contributed by atoms with van der Waals surface area (Å²) in [6.45, 7) is 4.08. The number of nitrogens with zero attached hydrogens (tertiary/aromatic N) is 2. The molecule has 1 aliphatic heterocycles. The lowest BCUT2D eigenvalue weighted by Gasteiger charge is -2.13. The smallest absolute Gasteiger partial charge is 0.258 e. The third-order valence-corrected chi connectivity index (χ3v) is 4.57. The van der Waals surface area contributed by atoms with Gasteiger partial charge in [0, 0.05) is 34.5 Å². The molecule has 0 aliphatic carbocycles. The average molecular weight is 266 g/mol. The molecule has 1 aliphatic rings. The molecular weight excluding hydrogens is 256 g/mol. The number of benzene rings is 1. The molecule has 6 heteroatoms. The van der Waals surface area contributed by atoms with E-state index in [1.165, 1.54) is 33.9 Å². The molecule has 88 valence electrons. The topological polar surface area (TPSA) is 55.5 Å². The zero-order chi connectivity index (χ0) is 12.4. The maximum Gasteiger partial charge on any atom is 0.269 e. The van der Waals surface area contributed by atoms with Crippen molar-refractivity contribution >= 4 is 34.4 Å². The van der Waals surface area contributed by atoms with E-state index in [-0.39, 0.29) is 5.69 Å². The maximum atomic E-state index is 10.5. The highest BCUT2D eigenvalue weighted by atomic mass is 32.2. The lowest BCUT2D eigenvalue weighted by atomic mass is 10.2. The van der Waals surface area contributed by atoms with Crippen LogP contribution in [0.15, 0.2) is 38.5 Å². The predicted octanol–water partition coefficient (Wildman–Crippen LogP) is 3.99. The van der Waals surface area contributed by atoms with E-state index in [9.17, 15) is 10.1 Å². The van der Waals surface area contributed by atoms with Crippen LogP contribution in [0.25, 0.3) is 0 Å². The lowest BCUT2D eigenvalue weighted by molar-refractivity contribution is -0.384. The Labute approximate surface area is 107 Å². The predicted molar refractivity (Wildman–Crippen MR) is 73.2 cm³/mol. The van der Waals surface area contributed by atoms with Gasteiger partial charge in [0.15, 0.2) is 0 Å². The molecule has 0 spiro atoms. The minimum absolute atomic E-state index is 0.103. The normalized spacial score (nSPS) is 15.8. The molecule has 1 heterocycles. The van der Waals surface area contributed by atoms with Crippen LogP contribution in [0.2, 0.25) is 0 Å². The van der Waals surface area contributed by atoms with Crippen LogP contribution in [-0.2, 0) is 0 Å². The van der Waals surface area contributed by atoms with Crippen LogP contribution in [-0.4, -0.2) is 9.97 Å². The number of hydrogen-bond donors (Lipinski definition) is 0. The van der Waals surface area contributed by atoms with Crippen molar-refractivity contribution < 1.29 is 4.92 Å². The number of nitro groups is 1. The highest BCUT2D eigenvalue weighted by Gasteiger charge is 2.14. The second-order valence-corrected chi connectivity index (χ2v) is 5.69. The minimum Gasteiger partial charge on any atom is -0.258 e. The Hall–Kier alpha value is -1.27. The van der Waals surface area contributed by atoms with Gasteiger partial charge in [-0.3, -0.25) is 10.1 Å². The Morgan fingerprint density at radius 1 is 1.18 bits per heavy atom. The fourth-order valence-corrected chi connectivity index (χ4v) is 2.89. The van der Waals surface area contributed by atoms with Crippen LogP contribution in [0, 0.1) is 10.1 Å². The Morgan fingerprint density at radius 2 is 1.82 bits per heavy atom. The van der Waals surface area contributed by atoms with Gasteiger partial charge in [-0.25, -0.2) is 4.40 Å². The van der Waals surface area contributed by atoms with Crippen LogP contribution < -0.4 is 0 Å². The van der Waals surface area contributed by atoms with Gasteiger partial charge in [-0.2, -0.15) is 0 Å². The summed E-state index contributed by atoms with van der Waals surface area (Å²) in [6, 6.07) is 6.48. The zero-order valence-electron chi connectivity index (χ0n) is 9.34. The Kier molecular flexibility index (Phi) is 3.54. The van der Waals surface area contributed by atoms with Crippen LogP contribution in [0.5, 0.6) is 0 Å². The molecule has 0 saturated heterocycles. The summed E-state index contributed by atoms with van der Waals surface area (Å²) in [5, 5.41) is 11.4. The van der Waals surface area contributed by atoms with Crippen molar-refractivity contribution in [2.75, 3.05) is 0 Å². The van der Waals surface area contributed by atoms with Crippen molar-refractivity contribution in [2.45, 2.75) is 13.8 Å². The van der Waals surface area contributed by atoms with Gasteiger partial charge in [0.1, 0.15) is 5.04 Å². The first-order valence-corrected chi connectivity index (χ1v) is 6.52. The number of hydrogen-bond acceptors (Lipinski definition) is 5. The standard InChI is InChI=1S/C11H10N2O2S2/c1-7-8(2)17-12-11(16-7)9-3-5-10(6-4-9)13(14)15/h3-6H,1-2H3. The van der Waals surface area contributed by atoms with E-state index in [0.717, 1.165) is 10.6 Å². The zero-order valence-corrected chi connectivity index (χ0v) is 11.0. The summed E-state index contributed by atoms with van der Waals surface area (Å²) < 4.78 is 4.37. The number of rotatable bonds is 2. The first-order chi connectivity index (χ1) is 8.08. The monoisotopic (exact) mass is 266 g/mol. The first kappa shape index (κ1) is 12.2. The molecule has 0 atom stereocenters. The number of allylic oxidation sites excluding steroid dienone is 2. The molecule has 0 saturated carbocycles. The van der Waals surface area contributed by atoms with Crippen LogP contribution in [0.4, 0.5) is 5.69 Å². The van der Waals surface area contributed by atoms with Gasteiger partial charge in [-0.15, -0.1) is 0 Å². The summed E-state index contributed by atoms with van der Waals surface area (Å²) in [6.07, 6.45) is 0. The summed E-state index contributed by atoms with van der Waals surface area (Å²) in [5.74, 6) is 0. The van der Waals surface area contributed by atoms with Crippen molar-refractivity contribution in [1.82, 2.24) is 0 Å². The van der Waals surface area contributed by atoms with Gasteiger partial charge in [0.25, 0.3) is 5.69 Å². The van der Waals surface area contributed by atoms with E-state index >= 15 is 0 Å². The van der Waals surface area contributed by atoms with Crippen LogP contribution in [0.1, 0.15) is 19.4 Å². The highest BCUT2D eigenvalue weighted by Crippen LogP contribution is 2.36. The van der Waals surface area contributed by atoms with Gasteiger partial charge in [-0.05, 0) is 30.9 Å². The largest absolute Gasteiger partial charge is 0.269 e. The van der Waals surface area contributed by atoms with E-state index in [0.29, 0.717) is 0 Å². The molecule has 0 amide bonds. The Morgan fingerprint density at radius 3 is 2.35 bits per heavy atom. The quantitative estimate of drug-likeness (QED) is 0.461. The fraction of sp³-hybridized carbons (Fsp3) is 0.182. The van der Waals surface area contributed by atoms with E-state index in [4.69, 9.17) is 0 Å². The molecule has 1 aromatic rings. The first-order valence-electron chi connectivity index (χ1n) is 4.93. The SMILES string of the molecule is CC1=C(C)SC(c2ccc([N+](=O)[O-])cc2)=NS1. The molecule has 0 unspecified atom stereocenters. The van der Waals surface area contributed by atoms with Gasteiger partial charge in [0.2, 0.25) is 0 Å². The van der Waals surface area contributed by atoms with Crippen molar-refractivity contribution in [2.24, 2.45) is 4.40 Å². The summed E-state index contributed by atoms with van der Waals surface area (Å²) in [5.41, 5.74) is 1.02. The molecule has 0 aromatic heterocycles. The third kappa shape index (κ3) is 2.70. The van der Waals surface area contributed by atoms with Gasteiger partial charge in [0.05, 0.1) is 4.92 Å². The molecular formula is C11H10N2O2S2. The second-order valence-electron chi connectivity index (χ2n) is 3.51. The van der Waals surface area contributed by atoms with E-state index < -0.39 is 4.92 Å². The van der Waals surface area contributed by atoms with Crippen molar-refractivity contribution in [3.8, 4) is 0 Å². The minimum atomic E-state index is -0.399. The molecule has 4 nitrogen and oxygen atoms in total. The molecule has 0 fully saturated rings. The molecule has 0 radical (unpaired) electrons. The number of non-ortho nitro benzene ring substituents is 1. The van der Waals surface area contributed by atoms with E-state index in [1.807, 2.05) is 13.8 Å². The van der Waals surface area contributed by atoms with Gasteiger partial charge in [-0.1, -0.05) is 11.8 Å². The maximum absolute atomic E-state index is 10.5. The van der Waals surface area contributed by atoms with Crippen LogP contribution in [0.3, 0.4) is 0 Å². The Bertz CT molecular complexity index is 521. The molecule has 1 aromatic carbocycles.